The van der Waals surface area contributed by atoms with Gasteiger partial charge in [-0.1, -0.05) is 31.7 Å². The van der Waals surface area contributed by atoms with E-state index in [2.05, 4.69) is 23.3 Å². The van der Waals surface area contributed by atoms with E-state index in [1.54, 1.807) is 11.8 Å². The zero-order valence-electron chi connectivity index (χ0n) is 13.1. The summed E-state index contributed by atoms with van der Waals surface area (Å²) in [6.45, 7) is 0.480. The van der Waals surface area contributed by atoms with Crippen LogP contribution in [0, 0.1) is 0 Å². The van der Waals surface area contributed by atoms with E-state index in [4.69, 9.17) is 0 Å². The molecule has 1 aromatic carbocycles. The van der Waals surface area contributed by atoms with Crippen LogP contribution in [0.3, 0.4) is 0 Å². The second-order valence-electron chi connectivity index (χ2n) is 5.84. The number of nitrogens with zero attached hydrogens (tertiary/aromatic N) is 1. The lowest BCUT2D eigenvalue weighted by atomic mass is 10.1. The van der Waals surface area contributed by atoms with E-state index >= 15 is 0 Å². The molecule has 0 atom stereocenters. The van der Waals surface area contributed by atoms with Gasteiger partial charge in [0.15, 0.2) is 0 Å². The zero-order valence-corrected chi connectivity index (χ0v) is 13.9. The van der Waals surface area contributed by atoms with Gasteiger partial charge < -0.3 is 5.32 Å². The molecule has 0 unspecified atom stereocenters. The summed E-state index contributed by atoms with van der Waals surface area (Å²) in [5.74, 6) is 0.0833. The topological polar surface area (TPSA) is 32.3 Å². The fraction of sp³-hybridized carbons (Fsp3) is 0.588. The first-order valence-corrected chi connectivity index (χ1v) is 9.05. The summed E-state index contributed by atoms with van der Waals surface area (Å²) in [4.78, 5) is 15.6. The summed E-state index contributed by atoms with van der Waals surface area (Å²) >= 11 is 1.69. The average Bonchev–Trinajstić information content (AvgIpc) is 2.76. The van der Waals surface area contributed by atoms with Crippen LogP contribution in [-0.2, 0) is 4.79 Å². The molecular weight excluding hydrogens is 280 g/mol. The Labute approximate surface area is 132 Å². The number of anilines is 1. The molecule has 0 bridgehead atoms. The van der Waals surface area contributed by atoms with Gasteiger partial charge in [0.2, 0.25) is 5.91 Å². The second-order valence-corrected chi connectivity index (χ2v) is 6.72. The third-order valence-corrected chi connectivity index (χ3v) is 4.92. The highest BCUT2D eigenvalue weighted by Gasteiger charge is 2.18. The molecule has 0 spiro atoms. The molecule has 1 aromatic rings. The van der Waals surface area contributed by atoms with E-state index in [-0.39, 0.29) is 5.91 Å². The molecule has 1 fully saturated rings. The molecular formula is C17H26N2OS. The highest BCUT2D eigenvalue weighted by Crippen LogP contribution is 2.21. The number of rotatable bonds is 5. The molecule has 21 heavy (non-hydrogen) atoms. The van der Waals surface area contributed by atoms with Gasteiger partial charge in [0.1, 0.15) is 0 Å². The number of amides is 1. The van der Waals surface area contributed by atoms with Gasteiger partial charge in [-0.25, -0.2) is 0 Å². The Morgan fingerprint density at radius 1 is 1.29 bits per heavy atom. The van der Waals surface area contributed by atoms with Crippen LogP contribution in [0.5, 0.6) is 0 Å². The van der Waals surface area contributed by atoms with E-state index in [0.29, 0.717) is 12.6 Å². The first-order chi connectivity index (χ1) is 10.2. The maximum Gasteiger partial charge on any atom is 0.238 e. The number of thioether (sulfide) groups is 1. The van der Waals surface area contributed by atoms with Crippen molar-refractivity contribution < 1.29 is 4.79 Å². The third kappa shape index (κ3) is 5.36. The van der Waals surface area contributed by atoms with Gasteiger partial charge >= 0.3 is 0 Å². The van der Waals surface area contributed by atoms with Crippen LogP contribution in [0.25, 0.3) is 0 Å². The van der Waals surface area contributed by atoms with Gasteiger partial charge in [-0.15, -0.1) is 11.8 Å². The minimum Gasteiger partial charge on any atom is -0.325 e. The summed E-state index contributed by atoms with van der Waals surface area (Å²) in [5.41, 5.74) is 0.890. The quantitative estimate of drug-likeness (QED) is 0.659. The minimum atomic E-state index is 0.0833. The lowest BCUT2D eigenvalue weighted by Gasteiger charge is -2.26. The van der Waals surface area contributed by atoms with Crippen LogP contribution in [0.4, 0.5) is 5.69 Å². The molecule has 2 rings (SSSR count). The number of carbonyl (C=O) groups excluding carboxylic acids is 1. The van der Waals surface area contributed by atoms with Crippen molar-refractivity contribution in [2.75, 3.05) is 25.2 Å². The molecule has 0 aliphatic heterocycles. The fourth-order valence-corrected chi connectivity index (χ4v) is 3.42. The molecule has 116 valence electrons. The summed E-state index contributed by atoms with van der Waals surface area (Å²) in [7, 11) is 2.08. The van der Waals surface area contributed by atoms with Crippen molar-refractivity contribution in [3.8, 4) is 0 Å². The van der Waals surface area contributed by atoms with E-state index in [1.807, 2.05) is 24.5 Å². The molecule has 0 radical (unpaired) electrons. The normalized spacial score (nSPS) is 16.7. The predicted molar refractivity (Wildman–Crippen MR) is 91.0 cm³/mol. The van der Waals surface area contributed by atoms with Crippen LogP contribution in [-0.4, -0.2) is 36.7 Å². The van der Waals surface area contributed by atoms with Crippen molar-refractivity contribution in [3.05, 3.63) is 24.3 Å². The van der Waals surface area contributed by atoms with Crippen molar-refractivity contribution in [2.45, 2.75) is 49.5 Å². The SMILES string of the molecule is CSc1cccc(NC(=O)CN(C)C2CCCCCC2)c1. The Bertz CT molecular complexity index is 456. The van der Waals surface area contributed by atoms with Gasteiger partial charge in [-0.3, -0.25) is 9.69 Å². The molecule has 4 heteroatoms. The zero-order chi connectivity index (χ0) is 15.1. The Hall–Kier alpha value is -1.00. The van der Waals surface area contributed by atoms with E-state index in [1.165, 1.54) is 43.4 Å². The van der Waals surface area contributed by atoms with Crippen LogP contribution in [0.15, 0.2) is 29.2 Å². The molecule has 1 amide bonds. The number of likely N-dealkylation sites (N-methyl/N-ethyl adjacent to an activating group) is 1. The molecule has 0 saturated heterocycles. The van der Waals surface area contributed by atoms with Gasteiger partial charge in [-0.2, -0.15) is 0 Å². The van der Waals surface area contributed by atoms with Crippen molar-refractivity contribution in [2.24, 2.45) is 0 Å². The van der Waals surface area contributed by atoms with Gasteiger partial charge in [-0.05, 0) is 44.3 Å². The maximum absolute atomic E-state index is 12.2. The molecule has 3 nitrogen and oxygen atoms in total. The first kappa shape index (κ1) is 16.4. The largest absolute Gasteiger partial charge is 0.325 e. The molecule has 0 heterocycles. The van der Waals surface area contributed by atoms with Crippen LogP contribution >= 0.6 is 11.8 Å². The maximum atomic E-state index is 12.2. The van der Waals surface area contributed by atoms with E-state index in [9.17, 15) is 4.79 Å². The minimum absolute atomic E-state index is 0.0833. The summed E-state index contributed by atoms with van der Waals surface area (Å²) in [6.07, 6.45) is 9.78. The molecule has 1 aliphatic carbocycles. The Kier molecular flexibility index (Phi) is 6.58. The standard InChI is InChI=1S/C17H26N2OS/c1-19(15-9-5-3-4-6-10-15)13-17(20)18-14-8-7-11-16(12-14)21-2/h7-8,11-12,15H,3-6,9-10,13H2,1-2H3,(H,18,20). The first-order valence-electron chi connectivity index (χ1n) is 7.83. The van der Waals surface area contributed by atoms with Crippen molar-refractivity contribution in [1.82, 2.24) is 4.90 Å². The predicted octanol–water partition coefficient (Wildman–Crippen LogP) is 4.00. The lowest BCUT2D eigenvalue weighted by molar-refractivity contribution is -0.117. The summed E-state index contributed by atoms with van der Waals surface area (Å²) < 4.78 is 0. The molecule has 1 N–H and O–H groups in total. The third-order valence-electron chi connectivity index (χ3n) is 4.19. The fourth-order valence-electron chi connectivity index (χ4n) is 2.96. The number of benzene rings is 1. The van der Waals surface area contributed by atoms with E-state index < -0.39 is 0 Å². The van der Waals surface area contributed by atoms with Gasteiger partial charge in [0.25, 0.3) is 0 Å². The number of nitrogens with one attached hydrogen (secondary N) is 1. The Morgan fingerprint density at radius 2 is 2.00 bits per heavy atom. The number of hydrogen-bond donors (Lipinski definition) is 1. The Balaban J connectivity index is 1.85. The molecule has 0 aromatic heterocycles. The van der Waals surface area contributed by atoms with Crippen molar-refractivity contribution in [3.63, 3.8) is 0 Å². The monoisotopic (exact) mass is 306 g/mol. The van der Waals surface area contributed by atoms with Gasteiger partial charge in [0, 0.05) is 16.6 Å². The summed E-state index contributed by atoms with van der Waals surface area (Å²) in [5, 5.41) is 3.01. The lowest BCUT2D eigenvalue weighted by Crippen LogP contribution is -2.37. The van der Waals surface area contributed by atoms with Crippen LogP contribution in [0.2, 0.25) is 0 Å². The average molecular weight is 306 g/mol. The van der Waals surface area contributed by atoms with Crippen molar-refractivity contribution >= 4 is 23.4 Å². The molecule has 1 saturated carbocycles. The second kappa shape index (κ2) is 8.44. The molecule has 1 aliphatic rings. The van der Waals surface area contributed by atoms with Crippen molar-refractivity contribution in [1.29, 1.82) is 0 Å². The van der Waals surface area contributed by atoms with Crippen LogP contribution in [0.1, 0.15) is 38.5 Å². The highest BCUT2D eigenvalue weighted by atomic mass is 32.2. The van der Waals surface area contributed by atoms with E-state index in [0.717, 1.165) is 5.69 Å². The number of hydrogen-bond acceptors (Lipinski definition) is 3. The number of carbonyl (C=O) groups is 1. The summed E-state index contributed by atoms with van der Waals surface area (Å²) in [6, 6.07) is 8.57. The Morgan fingerprint density at radius 3 is 2.67 bits per heavy atom. The highest BCUT2D eigenvalue weighted by molar-refractivity contribution is 7.98. The smallest absolute Gasteiger partial charge is 0.238 e. The van der Waals surface area contributed by atoms with Crippen LogP contribution < -0.4 is 5.32 Å². The van der Waals surface area contributed by atoms with Gasteiger partial charge in [0.05, 0.1) is 6.54 Å².